The summed E-state index contributed by atoms with van der Waals surface area (Å²) in [4.78, 5) is 3.86. The van der Waals surface area contributed by atoms with Crippen LogP contribution >= 0.6 is 57.9 Å². The normalized spacial score (nSPS) is 14.7. The molecule has 0 N–H and O–H groups in total. The van der Waals surface area contributed by atoms with E-state index in [1.54, 1.807) is 0 Å². The van der Waals surface area contributed by atoms with E-state index in [4.69, 9.17) is 23.2 Å². The molecule has 0 spiro atoms. The van der Waals surface area contributed by atoms with Crippen LogP contribution in [0.15, 0.2) is 10.5 Å². The van der Waals surface area contributed by atoms with Crippen LogP contribution in [0.2, 0.25) is 4.34 Å². The molecule has 0 aliphatic rings. The first-order chi connectivity index (χ1) is 8.22. The van der Waals surface area contributed by atoms with E-state index < -0.39 is 16.9 Å². The van der Waals surface area contributed by atoms with Gasteiger partial charge in [-0.15, -0.1) is 0 Å². The van der Waals surface area contributed by atoms with Crippen LogP contribution < -0.4 is 0 Å². The van der Waals surface area contributed by atoms with Crippen LogP contribution in [0.25, 0.3) is 0 Å². The Morgan fingerprint density at radius 3 is 2.28 bits per heavy atom. The third-order valence-electron chi connectivity index (χ3n) is 1.51. The Bertz CT molecular complexity index is 355. The molecule has 0 amide bonds. The van der Waals surface area contributed by atoms with E-state index in [0.717, 1.165) is 11.8 Å². The van der Waals surface area contributed by atoms with Crippen LogP contribution in [0.5, 0.6) is 0 Å². The zero-order valence-corrected chi connectivity index (χ0v) is 13.4. The van der Waals surface area contributed by atoms with Crippen molar-refractivity contribution < 1.29 is 13.2 Å². The topological polar surface area (TPSA) is 12.9 Å². The van der Waals surface area contributed by atoms with E-state index in [-0.39, 0.29) is 5.75 Å². The van der Waals surface area contributed by atoms with Crippen molar-refractivity contribution in [1.82, 2.24) is 4.98 Å². The van der Waals surface area contributed by atoms with Crippen molar-refractivity contribution in [2.24, 2.45) is 0 Å². The Hall–Kier alpha value is 0.640. The second-order valence-corrected chi connectivity index (χ2v) is 6.81. The highest BCUT2D eigenvalue weighted by molar-refractivity contribution is 8.01. The van der Waals surface area contributed by atoms with Gasteiger partial charge >= 0.3 is 5.38 Å². The summed E-state index contributed by atoms with van der Waals surface area (Å²) < 4.78 is 39.1. The second kappa shape index (κ2) is 8.04. The van der Waals surface area contributed by atoms with Gasteiger partial charge < -0.3 is 0 Å². The zero-order chi connectivity index (χ0) is 14.4. The molecule has 0 saturated heterocycles. The summed E-state index contributed by atoms with van der Waals surface area (Å²) in [6, 6.07) is 0. The van der Waals surface area contributed by atoms with Crippen molar-refractivity contribution in [1.29, 1.82) is 0 Å². The number of alkyl halides is 5. The maximum absolute atomic E-state index is 13.1. The Balaban J connectivity index is 0.00000137. The van der Waals surface area contributed by atoms with E-state index in [1.165, 1.54) is 17.5 Å². The first-order valence-electron chi connectivity index (χ1n) is 4.91. The van der Waals surface area contributed by atoms with Gasteiger partial charge in [-0.05, 0) is 11.6 Å². The van der Waals surface area contributed by atoms with Gasteiger partial charge in [0, 0.05) is 12.2 Å². The van der Waals surface area contributed by atoms with Crippen molar-refractivity contribution in [3.05, 3.63) is 10.5 Å². The fourth-order valence-electron chi connectivity index (χ4n) is 0.715. The van der Waals surface area contributed by atoms with Crippen LogP contribution in [0.4, 0.5) is 13.2 Å². The molecule has 1 unspecified atom stereocenters. The van der Waals surface area contributed by atoms with Crippen molar-refractivity contribution in [3.63, 3.8) is 0 Å². The summed E-state index contributed by atoms with van der Waals surface area (Å²) in [6.45, 7) is 4.00. The number of rotatable bonds is 5. The Morgan fingerprint density at radius 1 is 1.33 bits per heavy atom. The predicted octanol–water partition coefficient (Wildman–Crippen LogP) is 6.04. The second-order valence-electron chi connectivity index (χ2n) is 2.73. The summed E-state index contributed by atoms with van der Waals surface area (Å²) >= 11 is 17.4. The summed E-state index contributed by atoms with van der Waals surface area (Å²) in [6.07, 6.45) is 0.834. The molecular formula is C9H11Cl3F3NS2. The van der Waals surface area contributed by atoms with Crippen LogP contribution in [0.3, 0.4) is 0 Å². The molecule has 0 aromatic carbocycles. The summed E-state index contributed by atoms with van der Waals surface area (Å²) in [7, 11) is 0. The molecule has 0 saturated carbocycles. The third kappa shape index (κ3) is 6.19. The first kappa shape index (κ1) is 18.6. The molecule has 18 heavy (non-hydrogen) atoms. The molecule has 0 aliphatic carbocycles. The van der Waals surface area contributed by atoms with Gasteiger partial charge in [-0.25, -0.2) is 9.37 Å². The van der Waals surface area contributed by atoms with Gasteiger partial charge in [-0.1, -0.05) is 60.1 Å². The van der Waals surface area contributed by atoms with Crippen molar-refractivity contribution >= 4 is 57.9 Å². The highest BCUT2D eigenvalue weighted by Crippen LogP contribution is 2.43. The quantitative estimate of drug-likeness (QED) is 0.469. The summed E-state index contributed by atoms with van der Waals surface area (Å²) in [5.41, 5.74) is 0. The van der Waals surface area contributed by atoms with E-state index in [1.807, 2.05) is 13.8 Å². The largest absolute Gasteiger partial charge is 0.369 e. The number of thioether (sulfide) groups is 1. The number of hydrogen-bond acceptors (Lipinski definition) is 3. The number of halogens is 6. The lowest BCUT2D eigenvalue weighted by atomic mass is 10.3. The van der Waals surface area contributed by atoms with E-state index in [0.29, 0.717) is 8.68 Å². The monoisotopic (exact) mass is 359 g/mol. The molecule has 1 heterocycles. The maximum Gasteiger partial charge on any atom is 0.369 e. The average Bonchev–Trinajstić information content (AvgIpc) is 2.65. The molecule has 1 aromatic rings. The molecule has 106 valence electrons. The van der Waals surface area contributed by atoms with Crippen LogP contribution in [-0.4, -0.2) is 21.2 Å². The van der Waals surface area contributed by atoms with Crippen molar-refractivity contribution in [2.45, 2.75) is 35.1 Å². The maximum atomic E-state index is 13.1. The molecule has 9 heteroatoms. The highest BCUT2D eigenvalue weighted by Gasteiger charge is 2.51. The van der Waals surface area contributed by atoms with Crippen LogP contribution in [-0.2, 0) is 0 Å². The lowest BCUT2D eigenvalue weighted by molar-refractivity contribution is -0.0207. The number of aromatic nitrogens is 1. The lowest BCUT2D eigenvalue weighted by Crippen LogP contribution is -2.34. The SMILES string of the molecule is CC.FC(F)(Cl)C(F)(Cl)CCSc1ncc(Cl)s1. The van der Waals surface area contributed by atoms with Crippen molar-refractivity contribution in [3.8, 4) is 0 Å². The fourth-order valence-corrected chi connectivity index (χ4v) is 3.24. The molecule has 1 nitrogen and oxygen atoms in total. The summed E-state index contributed by atoms with van der Waals surface area (Å²) in [5, 5.41) is -7.34. The Morgan fingerprint density at radius 2 is 1.89 bits per heavy atom. The first-order valence-corrected chi connectivity index (χ1v) is 7.84. The van der Waals surface area contributed by atoms with Gasteiger partial charge in [0.15, 0.2) is 4.34 Å². The molecule has 0 aliphatic heterocycles. The van der Waals surface area contributed by atoms with Gasteiger partial charge in [-0.2, -0.15) is 8.78 Å². The standard InChI is InChI=1S/C7H5Cl3F3NS2.C2H6/c8-4-3-14-5(16-4)15-2-1-6(9,11)7(10,12)13;1-2/h3H,1-2H2;1-2H3. The van der Waals surface area contributed by atoms with E-state index >= 15 is 0 Å². The van der Waals surface area contributed by atoms with Gasteiger partial charge in [-0.3, -0.25) is 0 Å². The molecule has 0 radical (unpaired) electrons. The average molecular weight is 361 g/mol. The molecule has 0 fully saturated rings. The van der Waals surface area contributed by atoms with Crippen LogP contribution in [0.1, 0.15) is 20.3 Å². The number of nitrogens with zero attached hydrogens (tertiary/aromatic N) is 1. The molecule has 1 rings (SSSR count). The third-order valence-corrected chi connectivity index (χ3v) is 4.61. The molecular weight excluding hydrogens is 350 g/mol. The van der Waals surface area contributed by atoms with Crippen LogP contribution in [0, 0.1) is 0 Å². The Kier molecular flexibility index (Phi) is 8.33. The zero-order valence-electron chi connectivity index (χ0n) is 9.52. The smallest absolute Gasteiger partial charge is 0.237 e. The van der Waals surface area contributed by atoms with Gasteiger partial charge in [0.25, 0.3) is 5.13 Å². The molecule has 0 bridgehead atoms. The van der Waals surface area contributed by atoms with Gasteiger partial charge in [0.05, 0.1) is 6.20 Å². The summed E-state index contributed by atoms with van der Waals surface area (Å²) in [5.74, 6) is 0.0339. The van der Waals surface area contributed by atoms with Crippen molar-refractivity contribution in [2.75, 3.05) is 5.75 Å². The number of thiazole rings is 1. The minimum Gasteiger partial charge on any atom is -0.237 e. The van der Waals surface area contributed by atoms with E-state index in [9.17, 15) is 13.2 Å². The lowest BCUT2D eigenvalue weighted by Gasteiger charge is -2.21. The van der Waals surface area contributed by atoms with Gasteiger partial charge in [0.1, 0.15) is 4.34 Å². The number of hydrogen-bond donors (Lipinski definition) is 0. The minimum atomic E-state index is -4.09. The predicted molar refractivity (Wildman–Crippen MR) is 74.3 cm³/mol. The van der Waals surface area contributed by atoms with E-state index in [2.05, 4.69) is 16.6 Å². The van der Waals surface area contributed by atoms with Gasteiger partial charge in [0.2, 0.25) is 0 Å². The highest BCUT2D eigenvalue weighted by atomic mass is 35.5. The Labute approximate surface area is 127 Å². The molecule has 1 atom stereocenters. The fraction of sp³-hybridized carbons (Fsp3) is 0.667. The molecule has 1 aromatic heterocycles. The minimum absolute atomic E-state index is 0.0339.